The fourth-order valence-electron chi connectivity index (χ4n) is 1.42. The summed E-state index contributed by atoms with van der Waals surface area (Å²) in [5.41, 5.74) is -0.276. The Morgan fingerprint density at radius 3 is 2.41 bits per heavy atom. The zero-order valence-corrected chi connectivity index (χ0v) is 9.43. The number of nitrogens with zero attached hydrogens (tertiary/aromatic N) is 1. The van der Waals surface area contributed by atoms with Crippen molar-refractivity contribution in [2.24, 2.45) is 0 Å². The highest BCUT2D eigenvalue weighted by atomic mass is 19.1. The molecule has 4 heteroatoms. The van der Waals surface area contributed by atoms with E-state index in [9.17, 15) is 8.78 Å². The standard InChI is InChI=1S/C13H12F2N2/c1-3-5-10(4-2)17-13-11(14)6-9(8-16)7-12(13)15/h1,6-7,10,17H,4-5H2,2H3. The molecule has 0 heterocycles. The number of nitriles is 1. The molecule has 0 amide bonds. The van der Waals surface area contributed by atoms with Crippen LogP contribution in [0.15, 0.2) is 12.1 Å². The molecule has 0 saturated heterocycles. The van der Waals surface area contributed by atoms with Crippen LogP contribution < -0.4 is 5.32 Å². The number of nitrogens with one attached hydrogen (secondary N) is 1. The van der Waals surface area contributed by atoms with E-state index in [1.165, 1.54) is 0 Å². The van der Waals surface area contributed by atoms with Gasteiger partial charge in [0.15, 0.2) is 11.6 Å². The summed E-state index contributed by atoms with van der Waals surface area (Å²) >= 11 is 0. The van der Waals surface area contributed by atoms with Gasteiger partial charge >= 0.3 is 0 Å². The van der Waals surface area contributed by atoms with Crippen molar-refractivity contribution in [3.8, 4) is 18.4 Å². The van der Waals surface area contributed by atoms with Crippen molar-refractivity contribution >= 4 is 5.69 Å². The fraction of sp³-hybridized carbons (Fsp3) is 0.308. The summed E-state index contributed by atoms with van der Waals surface area (Å²) in [6, 6.07) is 3.49. The molecule has 0 aromatic heterocycles. The van der Waals surface area contributed by atoms with Gasteiger partial charge in [0.2, 0.25) is 0 Å². The molecule has 1 N–H and O–H groups in total. The van der Waals surface area contributed by atoms with E-state index in [0.29, 0.717) is 12.8 Å². The molecule has 1 unspecified atom stereocenters. The number of rotatable bonds is 4. The highest BCUT2D eigenvalue weighted by Gasteiger charge is 2.14. The maximum Gasteiger partial charge on any atom is 0.150 e. The number of terminal acetylenes is 1. The molecule has 17 heavy (non-hydrogen) atoms. The normalized spacial score (nSPS) is 11.4. The Bertz CT molecular complexity index is 460. The maximum absolute atomic E-state index is 13.5. The van der Waals surface area contributed by atoms with E-state index in [2.05, 4.69) is 11.2 Å². The summed E-state index contributed by atoms with van der Waals surface area (Å²) in [6.07, 6.45) is 6.20. The second-order valence-electron chi connectivity index (χ2n) is 3.58. The van der Waals surface area contributed by atoms with Gasteiger partial charge in [0.1, 0.15) is 5.69 Å². The van der Waals surface area contributed by atoms with Crippen LogP contribution >= 0.6 is 0 Å². The molecule has 2 nitrogen and oxygen atoms in total. The van der Waals surface area contributed by atoms with Crippen molar-refractivity contribution in [3.63, 3.8) is 0 Å². The highest BCUT2D eigenvalue weighted by molar-refractivity contribution is 5.51. The Balaban J connectivity index is 3.00. The summed E-state index contributed by atoms with van der Waals surface area (Å²) in [6.45, 7) is 1.87. The quantitative estimate of drug-likeness (QED) is 0.813. The molecule has 0 bridgehead atoms. The molecular formula is C13H12F2N2. The van der Waals surface area contributed by atoms with Crippen molar-refractivity contribution in [1.29, 1.82) is 5.26 Å². The van der Waals surface area contributed by atoms with Crippen LogP contribution in [0, 0.1) is 35.3 Å². The molecule has 1 atom stereocenters. The van der Waals surface area contributed by atoms with Gasteiger partial charge in [-0.25, -0.2) is 8.78 Å². The summed E-state index contributed by atoms with van der Waals surface area (Å²) in [5.74, 6) is 0.880. The van der Waals surface area contributed by atoms with Crippen LogP contribution in [0.4, 0.5) is 14.5 Å². The minimum atomic E-state index is -0.781. The van der Waals surface area contributed by atoms with E-state index in [1.807, 2.05) is 6.92 Å². The van der Waals surface area contributed by atoms with Gasteiger partial charge in [-0.3, -0.25) is 0 Å². The zero-order valence-electron chi connectivity index (χ0n) is 9.43. The second-order valence-corrected chi connectivity index (χ2v) is 3.58. The van der Waals surface area contributed by atoms with Gasteiger partial charge in [-0.15, -0.1) is 12.3 Å². The lowest BCUT2D eigenvalue weighted by molar-refractivity contribution is 0.578. The van der Waals surface area contributed by atoms with E-state index in [0.717, 1.165) is 12.1 Å². The Hall–Kier alpha value is -2.07. The Morgan fingerprint density at radius 1 is 1.41 bits per heavy atom. The lowest BCUT2D eigenvalue weighted by Crippen LogP contribution is -2.19. The minimum absolute atomic E-state index is 0.0458. The summed E-state index contributed by atoms with van der Waals surface area (Å²) < 4.78 is 27.1. The third kappa shape index (κ3) is 3.19. The van der Waals surface area contributed by atoms with Crippen LogP contribution in [0.5, 0.6) is 0 Å². The van der Waals surface area contributed by atoms with Crippen LogP contribution in [0.25, 0.3) is 0 Å². The maximum atomic E-state index is 13.5. The molecule has 1 aromatic rings. The van der Waals surface area contributed by atoms with Crippen molar-refractivity contribution in [2.45, 2.75) is 25.8 Å². The first kappa shape index (κ1) is 13.0. The largest absolute Gasteiger partial charge is 0.377 e. The van der Waals surface area contributed by atoms with Gasteiger partial charge in [-0.2, -0.15) is 5.26 Å². The number of hydrogen-bond donors (Lipinski definition) is 1. The molecule has 0 aliphatic heterocycles. The van der Waals surface area contributed by atoms with Crippen molar-refractivity contribution in [3.05, 3.63) is 29.3 Å². The molecule has 0 spiro atoms. The topological polar surface area (TPSA) is 35.8 Å². The molecular weight excluding hydrogens is 222 g/mol. The van der Waals surface area contributed by atoms with Gasteiger partial charge in [0.05, 0.1) is 11.6 Å². The SMILES string of the molecule is C#CCC(CC)Nc1c(F)cc(C#N)cc1F. The second kappa shape index (κ2) is 5.86. The van der Waals surface area contributed by atoms with E-state index in [-0.39, 0.29) is 17.3 Å². The lowest BCUT2D eigenvalue weighted by atomic mass is 10.1. The zero-order chi connectivity index (χ0) is 12.8. The van der Waals surface area contributed by atoms with Gasteiger partial charge in [-0.1, -0.05) is 6.92 Å². The highest BCUT2D eigenvalue weighted by Crippen LogP contribution is 2.22. The average Bonchev–Trinajstić information content (AvgIpc) is 2.31. The molecule has 0 saturated carbocycles. The van der Waals surface area contributed by atoms with E-state index >= 15 is 0 Å². The number of benzene rings is 1. The van der Waals surface area contributed by atoms with Gasteiger partial charge < -0.3 is 5.32 Å². The van der Waals surface area contributed by atoms with Crippen LogP contribution in [-0.4, -0.2) is 6.04 Å². The van der Waals surface area contributed by atoms with Crippen LogP contribution in [0.1, 0.15) is 25.3 Å². The van der Waals surface area contributed by atoms with Crippen LogP contribution in [0.3, 0.4) is 0 Å². The Labute approximate surface area is 99.3 Å². The third-order valence-corrected chi connectivity index (χ3v) is 2.38. The molecule has 0 radical (unpaired) electrons. The Morgan fingerprint density at radius 2 is 2.00 bits per heavy atom. The lowest BCUT2D eigenvalue weighted by Gasteiger charge is -2.16. The number of anilines is 1. The smallest absolute Gasteiger partial charge is 0.150 e. The number of hydrogen-bond acceptors (Lipinski definition) is 2. The molecule has 88 valence electrons. The van der Waals surface area contributed by atoms with Crippen molar-refractivity contribution in [2.75, 3.05) is 5.32 Å². The summed E-state index contributed by atoms with van der Waals surface area (Å²) in [7, 11) is 0. The summed E-state index contributed by atoms with van der Waals surface area (Å²) in [4.78, 5) is 0. The third-order valence-electron chi connectivity index (χ3n) is 2.38. The average molecular weight is 234 g/mol. The summed E-state index contributed by atoms with van der Waals surface area (Å²) in [5, 5.41) is 11.3. The van der Waals surface area contributed by atoms with E-state index in [1.54, 1.807) is 6.07 Å². The van der Waals surface area contributed by atoms with Gasteiger partial charge in [0.25, 0.3) is 0 Å². The minimum Gasteiger partial charge on any atom is -0.377 e. The van der Waals surface area contributed by atoms with Gasteiger partial charge in [0, 0.05) is 12.5 Å². The molecule has 0 aliphatic carbocycles. The predicted octanol–water partition coefficient (Wildman–Crippen LogP) is 3.05. The van der Waals surface area contributed by atoms with Crippen molar-refractivity contribution in [1.82, 2.24) is 0 Å². The molecule has 1 aromatic carbocycles. The molecule has 0 aliphatic rings. The fourth-order valence-corrected chi connectivity index (χ4v) is 1.42. The monoisotopic (exact) mass is 234 g/mol. The van der Waals surface area contributed by atoms with E-state index < -0.39 is 11.6 Å². The first-order valence-electron chi connectivity index (χ1n) is 5.21. The van der Waals surface area contributed by atoms with Crippen LogP contribution in [0.2, 0.25) is 0 Å². The number of halogens is 2. The predicted molar refractivity (Wildman–Crippen MR) is 62.2 cm³/mol. The molecule has 0 fully saturated rings. The van der Waals surface area contributed by atoms with Crippen LogP contribution in [-0.2, 0) is 0 Å². The first-order valence-corrected chi connectivity index (χ1v) is 5.21. The first-order chi connectivity index (χ1) is 8.12. The van der Waals surface area contributed by atoms with Gasteiger partial charge in [-0.05, 0) is 18.6 Å². The molecule has 1 rings (SSSR count). The Kier molecular flexibility index (Phi) is 4.48. The van der Waals surface area contributed by atoms with E-state index in [4.69, 9.17) is 11.7 Å². The van der Waals surface area contributed by atoms with Crippen molar-refractivity contribution < 1.29 is 8.78 Å².